The molecule has 1 unspecified atom stereocenters. The second kappa shape index (κ2) is 11.6. The topological polar surface area (TPSA) is 84.9 Å². The monoisotopic (exact) mass is 419 g/mol. The molecule has 1 atom stereocenters. The molecule has 6 nitrogen and oxygen atoms in total. The Morgan fingerprint density at radius 3 is 2.34 bits per heavy atom. The number of anilines is 1. The molecule has 2 aromatic carbocycles. The summed E-state index contributed by atoms with van der Waals surface area (Å²) in [7, 11) is -3.73. The van der Waals surface area contributed by atoms with Crippen LogP contribution in [0.2, 0.25) is 0 Å². The maximum Gasteiger partial charge on any atom is 0.373 e. The lowest BCUT2D eigenvalue weighted by molar-refractivity contribution is 0.102. The molecule has 2 aromatic rings. The molecule has 0 bridgehead atoms. The molecule has 1 amide bonds. The first-order chi connectivity index (χ1) is 13.9. The number of ether oxygens (including phenoxy) is 1. The van der Waals surface area contributed by atoms with E-state index in [1.165, 1.54) is 38.2 Å². The highest BCUT2D eigenvalue weighted by atomic mass is 31.2. The minimum Gasteiger partial charge on any atom is -0.494 e. The first kappa shape index (κ1) is 23.0. The van der Waals surface area contributed by atoms with Gasteiger partial charge in [0.25, 0.3) is 5.91 Å². The Bertz CT molecular complexity index is 816. The largest absolute Gasteiger partial charge is 0.494 e. The molecule has 7 heteroatoms. The molecule has 0 aliphatic carbocycles. The Hall–Kier alpha value is -2.30. The number of hydrogen-bond acceptors (Lipinski definition) is 4. The third kappa shape index (κ3) is 8.71. The fourth-order valence-corrected chi connectivity index (χ4v) is 3.33. The second-order valence-corrected chi connectivity index (χ2v) is 8.77. The molecule has 0 aliphatic heterocycles. The van der Waals surface area contributed by atoms with Crippen molar-refractivity contribution in [2.45, 2.75) is 45.4 Å². The lowest BCUT2D eigenvalue weighted by Crippen LogP contribution is -2.12. The van der Waals surface area contributed by atoms with Gasteiger partial charge in [-0.3, -0.25) is 4.79 Å². The molecule has 0 saturated heterocycles. The van der Waals surface area contributed by atoms with E-state index in [1.807, 2.05) is 0 Å². The van der Waals surface area contributed by atoms with Crippen LogP contribution in [0.25, 0.3) is 0 Å². The van der Waals surface area contributed by atoms with E-state index in [9.17, 15) is 14.3 Å². The lowest BCUT2D eigenvalue weighted by atomic mass is 10.1. The third-order valence-electron chi connectivity index (χ3n) is 4.29. The quantitative estimate of drug-likeness (QED) is 0.332. The summed E-state index contributed by atoms with van der Waals surface area (Å²) in [6, 6.07) is 13.4. The number of hydrogen-bond donors (Lipinski definition) is 2. The van der Waals surface area contributed by atoms with Gasteiger partial charge < -0.3 is 19.5 Å². The van der Waals surface area contributed by atoms with Crippen LogP contribution in [0.15, 0.2) is 48.5 Å². The van der Waals surface area contributed by atoms with Gasteiger partial charge in [0.2, 0.25) is 0 Å². The molecule has 2 N–H and O–H groups in total. The van der Waals surface area contributed by atoms with Crippen LogP contribution in [0.1, 0.15) is 55.8 Å². The van der Waals surface area contributed by atoms with E-state index in [-0.39, 0.29) is 11.7 Å². The summed E-state index contributed by atoms with van der Waals surface area (Å²) in [5.74, 6) is 0.534. The van der Waals surface area contributed by atoms with Crippen molar-refractivity contribution < 1.29 is 23.5 Å². The van der Waals surface area contributed by atoms with Crippen LogP contribution in [0.4, 0.5) is 5.69 Å². The van der Waals surface area contributed by atoms with Gasteiger partial charge in [-0.1, -0.05) is 51.2 Å². The molecule has 0 heterocycles. The lowest BCUT2D eigenvalue weighted by Gasteiger charge is -2.14. The summed E-state index contributed by atoms with van der Waals surface area (Å²) in [6.45, 7) is 3.97. The van der Waals surface area contributed by atoms with E-state index in [4.69, 9.17) is 9.26 Å². The van der Waals surface area contributed by atoms with Gasteiger partial charge in [0.05, 0.1) is 12.3 Å². The van der Waals surface area contributed by atoms with Gasteiger partial charge in [-0.2, -0.15) is 0 Å². The minimum absolute atomic E-state index is 0.146. The van der Waals surface area contributed by atoms with Crippen molar-refractivity contribution in [2.24, 2.45) is 0 Å². The van der Waals surface area contributed by atoms with Crippen LogP contribution in [0.5, 0.6) is 11.5 Å². The molecular formula is C22H30NO5P. The average molecular weight is 419 g/mol. The predicted octanol–water partition coefficient (Wildman–Crippen LogP) is 5.87. The fraction of sp³-hybridized carbons (Fsp3) is 0.409. The Kier molecular flexibility index (Phi) is 9.23. The molecule has 0 fully saturated rings. The fourth-order valence-electron chi connectivity index (χ4n) is 2.80. The van der Waals surface area contributed by atoms with Gasteiger partial charge in [-0.05, 0) is 42.8 Å². The number of carbonyl (C=O) groups is 1. The smallest absolute Gasteiger partial charge is 0.373 e. The van der Waals surface area contributed by atoms with E-state index in [0.717, 1.165) is 18.8 Å². The molecule has 0 aromatic heterocycles. The second-order valence-electron chi connectivity index (χ2n) is 6.99. The van der Waals surface area contributed by atoms with Gasteiger partial charge in [0, 0.05) is 12.2 Å². The van der Waals surface area contributed by atoms with Gasteiger partial charge in [0.1, 0.15) is 5.75 Å². The Morgan fingerprint density at radius 1 is 1.00 bits per heavy atom. The van der Waals surface area contributed by atoms with Gasteiger partial charge in [-0.25, -0.2) is 4.57 Å². The van der Waals surface area contributed by atoms with Crippen molar-refractivity contribution in [1.82, 2.24) is 0 Å². The van der Waals surface area contributed by atoms with Crippen molar-refractivity contribution in [3.63, 3.8) is 0 Å². The van der Waals surface area contributed by atoms with Gasteiger partial charge in [0.15, 0.2) is 5.75 Å². The summed E-state index contributed by atoms with van der Waals surface area (Å²) < 4.78 is 22.3. The zero-order valence-corrected chi connectivity index (χ0v) is 18.0. The van der Waals surface area contributed by atoms with Crippen molar-refractivity contribution in [3.8, 4) is 11.5 Å². The highest BCUT2D eigenvalue weighted by Crippen LogP contribution is 2.41. The standard InChI is InChI=1S/C22H30NO5P/c1-3-4-5-6-7-10-17-27-19-15-13-18(14-16-19)22(24)23-20-11-8-9-12-21(20)28-29(2,25)26/h8-9,11-16H,3-7,10,17H2,1-2H3,(H,23,24)(H,25,26). The minimum atomic E-state index is -3.73. The zero-order valence-electron chi connectivity index (χ0n) is 17.1. The highest BCUT2D eigenvalue weighted by molar-refractivity contribution is 7.52. The number of carbonyl (C=O) groups excluding carboxylic acids is 1. The van der Waals surface area contributed by atoms with Crippen LogP contribution in [-0.2, 0) is 4.57 Å². The summed E-state index contributed by atoms with van der Waals surface area (Å²) in [6.07, 6.45) is 7.25. The Balaban J connectivity index is 1.86. The van der Waals surface area contributed by atoms with Gasteiger partial charge in [-0.15, -0.1) is 0 Å². The maximum atomic E-state index is 12.5. The summed E-state index contributed by atoms with van der Waals surface area (Å²) in [4.78, 5) is 21.9. The average Bonchev–Trinajstić information content (AvgIpc) is 2.68. The number of rotatable bonds is 12. The number of nitrogens with one attached hydrogen (secondary N) is 1. The van der Waals surface area contributed by atoms with Crippen LogP contribution in [0.3, 0.4) is 0 Å². The first-order valence-electron chi connectivity index (χ1n) is 10.0. The first-order valence-corrected chi connectivity index (χ1v) is 12.0. The van der Waals surface area contributed by atoms with Crippen LogP contribution in [0, 0.1) is 0 Å². The van der Waals surface area contributed by atoms with Crippen molar-refractivity contribution in [2.75, 3.05) is 18.6 Å². The van der Waals surface area contributed by atoms with Crippen LogP contribution >= 0.6 is 7.60 Å². The molecule has 29 heavy (non-hydrogen) atoms. The van der Waals surface area contributed by atoms with E-state index in [0.29, 0.717) is 17.9 Å². The molecule has 2 rings (SSSR count). The van der Waals surface area contributed by atoms with Crippen molar-refractivity contribution in [3.05, 3.63) is 54.1 Å². The van der Waals surface area contributed by atoms with E-state index >= 15 is 0 Å². The molecular weight excluding hydrogens is 389 g/mol. The van der Waals surface area contributed by atoms with Crippen LogP contribution < -0.4 is 14.6 Å². The summed E-state index contributed by atoms with van der Waals surface area (Å²) in [5, 5.41) is 2.71. The number of para-hydroxylation sites is 2. The Morgan fingerprint density at radius 2 is 1.66 bits per heavy atom. The maximum absolute atomic E-state index is 12.5. The number of unbranched alkanes of at least 4 members (excludes halogenated alkanes) is 5. The SMILES string of the molecule is CCCCCCCCOc1ccc(C(=O)Nc2ccccc2OP(C)(=O)O)cc1. The van der Waals surface area contributed by atoms with E-state index < -0.39 is 7.60 Å². The third-order valence-corrected chi connectivity index (χ3v) is 4.82. The molecule has 0 aliphatic rings. The molecule has 0 spiro atoms. The molecule has 158 valence electrons. The van der Waals surface area contributed by atoms with Crippen molar-refractivity contribution >= 4 is 19.2 Å². The number of amides is 1. The predicted molar refractivity (Wildman–Crippen MR) is 116 cm³/mol. The van der Waals surface area contributed by atoms with E-state index in [1.54, 1.807) is 42.5 Å². The Labute approximate surface area is 172 Å². The van der Waals surface area contributed by atoms with E-state index in [2.05, 4.69) is 12.2 Å². The normalized spacial score (nSPS) is 12.8. The van der Waals surface area contributed by atoms with Gasteiger partial charge >= 0.3 is 7.60 Å². The zero-order chi connectivity index (χ0) is 21.1. The van der Waals surface area contributed by atoms with Crippen LogP contribution in [-0.4, -0.2) is 24.1 Å². The highest BCUT2D eigenvalue weighted by Gasteiger charge is 2.16. The summed E-state index contributed by atoms with van der Waals surface area (Å²) >= 11 is 0. The van der Waals surface area contributed by atoms with Crippen molar-refractivity contribution in [1.29, 1.82) is 0 Å². The number of benzene rings is 2. The molecule has 0 radical (unpaired) electrons. The molecule has 0 saturated carbocycles. The summed E-state index contributed by atoms with van der Waals surface area (Å²) in [5.41, 5.74) is 0.785.